The molecule has 1 N–H and O–H groups in total. The van der Waals surface area contributed by atoms with E-state index in [-0.39, 0.29) is 5.91 Å². The fourth-order valence-corrected chi connectivity index (χ4v) is 2.09. The van der Waals surface area contributed by atoms with E-state index in [0.717, 1.165) is 17.6 Å². The van der Waals surface area contributed by atoms with E-state index in [2.05, 4.69) is 11.7 Å². The second-order valence-corrected chi connectivity index (χ2v) is 4.69. The van der Waals surface area contributed by atoms with Crippen LogP contribution in [0.4, 0.5) is 0 Å². The monoisotopic (exact) mass is 275 g/mol. The van der Waals surface area contributed by atoms with Gasteiger partial charge in [-0.3, -0.25) is 9.48 Å². The maximum atomic E-state index is 11.5. The molecule has 2 rings (SSSR count). The number of carboxylic acid groups (broad SMARTS) is 1. The molecule has 1 aromatic heterocycles. The van der Waals surface area contributed by atoms with E-state index in [1.54, 1.807) is 24.2 Å². The van der Waals surface area contributed by atoms with Crippen molar-refractivity contribution in [2.45, 2.75) is 19.4 Å². The number of rotatable bonds is 4. The van der Waals surface area contributed by atoms with Crippen molar-refractivity contribution in [1.29, 1.82) is 0 Å². The third-order valence-electron chi connectivity index (χ3n) is 3.42. The predicted molar refractivity (Wildman–Crippen MR) is 73.9 cm³/mol. The van der Waals surface area contributed by atoms with Crippen LogP contribution >= 0.6 is 0 Å². The van der Waals surface area contributed by atoms with Gasteiger partial charge in [-0.1, -0.05) is 12.7 Å². The van der Waals surface area contributed by atoms with Gasteiger partial charge in [-0.2, -0.15) is 5.10 Å². The van der Waals surface area contributed by atoms with Crippen molar-refractivity contribution < 1.29 is 14.7 Å². The Balaban J connectivity index is 2.10. The Morgan fingerprint density at radius 1 is 1.55 bits per heavy atom. The lowest BCUT2D eigenvalue weighted by atomic mass is 10.0. The van der Waals surface area contributed by atoms with Crippen molar-refractivity contribution in [3.8, 4) is 0 Å². The third-order valence-corrected chi connectivity index (χ3v) is 3.42. The van der Waals surface area contributed by atoms with Gasteiger partial charge in [0.1, 0.15) is 6.04 Å². The van der Waals surface area contributed by atoms with Gasteiger partial charge in [0.2, 0.25) is 5.91 Å². The topological polar surface area (TPSA) is 75.4 Å². The SMILES string of the molecule is C=CC(=O)N1CC=C(c2cnn(C(C)C(=O)O)c2)CC1. The Bertz CT molecular complexity index is 574. The first-order valence-electron chi connectivity index (χ1n) is 6.40. The minimum absolute atomic E-state index is 0.0736. The molecule has 1 aliphatic rings. The summed E-state index contributed by atoms with van der Waals surface area (Å²) in [6.07, 6.45) is 7.40. The normalized spacial score (nSPS) is 16.4. The molecule has 0 bridgehead atoms. The van der Waals surface area contributed by atoms with E-state index in [0.29, 0.717) is 13.1 Å². The molecule has 0 radical (unpaired) electrons. The lowest BCUT2D eigenvalue weighted by Gasteiger charge is -2.25. The van der Waals surface area contributed by atoms with E-state index in [1.165, 1.54) is 10.8 Å². The van der Waals surface area contributed by atoms with Crippen LogP contribution in [-0.4, -0.2) is 44.8 Å². The lowest BCUT2D eigenvalue weighted by molar-refractivity contribution is -0.140. The number of amides is 1. The van der Waals surface area contributed by atoms with Crippen LogP contribution in [0.25, 0.3) is 5.57 Å². The highest BCUT2D eigenvalue weighted by Crippen LogP contribution is 2.22. The maximum Gasteiger partial charge on any atom is 0.328 e. The summed E-state index contributed by atoms with van der Waals surface area (Å²) >= 11 is 0. The van der Waals surface area contributed by atoms with Crippen LogP contribution in [0.15, 0.2) is 31.1 Å². The number of hydrogen-bond acceptors (Lipinski definition) is 3. The fraction of sp³-hybridized carbons (Fsp3) is 0.357. The average molecular weight is 275 g/mol. The third kappa shape index (κ3) is 2.79. The molecule has 1 aromatic rings. The summed E-state index contributed by atoms with van der Waals surface area (Å²) in [5.74, 6) is -0.990. The molecule has 6 heteroatoms. The summed E-state index contributed by atoms with van der Waals surface area (Å²) in [7, 11) is 0. The zero-order valence-electron chi connectivity index (χ0n) is 11.3. The van der Waals surface area contributed by atoms with E-state index in [1.807, 2.05) is 6.08 Å². The Hall–Kier alpha value is -2.37. The molecular weight excluding hydrogens is 258 g/mol. The largest absolute Gasteiger partial charge is 0.480 e. The van der Waals surface area contributed by atoms with E-state index in [4.69, 9.17) is 5.11 Å². The molecule has 6 nitrogen and oxygen atoms in total. The molecule has 2 heterocycles. The molecule has 0 fully saturated rings. The van der Waals surface area contributed by atoms with Gasteiger partial charge in [0, 0.05) is 24.8 Å². The lowest BCUT2D eigenvalue weighted by Crippen LogP contribution is -2.33. The minimum atomic E-state index is -0.917. The standard InChI is InChI=1S/C14H17N3O3/c1-3-13(18)16-6-4-11(5-7-16)12-8-15-17(9-12)10(2)14(19)20/h3-4,8-10H,1,5-7H2,2H3,(H,19,20). The van der Waals surface area contributed by atoms with E-state index in [9.17, 15) is 9.59 Å². The van der Waals surface area contributed by atoms with Gasteiger partial charge in [-0.25, -0.2) is 4.79 Å². The highest BCUT2D eigenvalue weighted by atomic mass is 16.4. The second-order valence-electron chi connectivity index (χ2n) is 4.69. The van der Waals surface area contributed by atoms with Crippen molar-refractivity contribution in [1.82, 2.24) is 14.7 Å². The summed E-state index contributed by atoms with van der Waals surface area (Å²) in [6.45, 7) is 6.23. The molecule has 20 heavy (non-hydrogen) atoms. The fourth-order valence-electron chi connectivity index (χ4n) is 2.09. The average Bonchev–Trinajstić information content (AvgIpc) is 2.95. The van der Waals surface area contributed by atoms with Gasteiger partial charge in [0.05, 0.1) is 6.20 Å². The molecule has 0 saturated carbocycles. The highest BCUT2D eigenvalue weighted by molar-refractivity contribution is 5.87. The van der Waals surface area contributed by atoms with Crippen LogP contribution in [0.2, 0.25) is 0 Å². The number of carbonyl (C=O) groups excluding carboxylic acids is 1. The number of carboxylic acids is 1. The number of nitrogens with zero attached hydrogens (tertiary/aromatic N) is 3. The molecule has 106 valence electrons. The molecule has 0 spiro atoms. The predicted octanol–water partition coefficient (Wildman–Crippen LogP) is 1.33. The molecule has 0 aromatic carbocycles. The summed E-state index contributed by atoms with van der Waals surface area (Å²) < 4.78 is 1.43. The first-order chi connectivity index (χ1) is 9.52. The van der Waals surface area contributed by atoms with Crippen molar-refractivity contribution in [2.75, 3.05) is 13.1 Å². The molecule has 1 atom stereocenters. The Kier molecular flexibility index (Phi) is 4.02. The number of carbonyl (C=O) groups is 2. The molecule has 0 saturated heterocycles. The van der Waals surface area contributed by atoms with Crippen LogP contribution in [0.1, 0.15) is 24.9 Å². The molecular formula is C14H17N3O3. The van der Waals surface area contributed by atoms with Crippen molar-refractivity contribution in [2.24, 2.45) is 0 Å². The van der Waals surface area contributed by atoms with Crippen molar-refractivity contribution >= 4 is 17.4 Å². The molecule has 1 unspecified atom stereocenters. The van der Waals surface area contributed by atoms with Gasteiger partial charge in [0.25, 0.3) is 0 Å². The maximum absolute atomic E-state index is 11.5. The van der Waals surface area contributed by atoms with E-state index >= 15 is 0 Å². The molecule has 1 amide bonds. The molecule has 0 aliphatic carbocycles. The van der Waals surface area contributed by atoms with Crippen molar-refractivity contribution in [3.05, 3.63) is 36.7 Å². The quantitative estimate of drug-likeness (QED) is 0.841. The van der Waals surface area contributed by atoms with Crippen LogP contribution in [0.5, 0.6) is 0 Å². The number of aromatic nitrogens is 2. The number of hydrogen-bond donors (Lipinski definition) is 1. The van der Waals surface area contributed by atoms with Gasteiger partial charge < -0.3 is 10.0 Å². The second kappa shape index (κ2) is 5.73. The van der Waals surface area contributed by atoms with Gasteiger partial charge in [0.15, 0.2) is 0 Å². The zero-order chi connectivity index (χ0) is 14.7. The van der Waals surface area contributed by atoms with Gasteiger partial charge >= 0.3 is 5.97 Å². The van der Waals surface area contributed by atoms with Gasteiger partial charge in [-0.05, 0) is 25.0 Å². The van der Waals surface area contributed by atoms with Crippen LogP contribution in [0.3, 0.4) is 0 Å². The Morgan fingerprint density at radius 3 is 2.85 bits per heavy atom. The first kappa shape index (κ1) is 14.0. The summed E-state index contributed by atoms with van der Waals surface area (Å²) in [5.41, 5.74) is 1.99. The smallest absolute Gasteiger partial charge is 0.328 e. The van der Waals surface area contributed by atoms with Crippen LogP contribution in [0, 0.1) is 0 Å². The van der Waals surface area contributed by atoms with Crippen LogP contribution in [-0.2, 0) is 9.59 Å². The summed E-state index contributed by atoms with van der Waals surface area (Å²) in [5, 5.41) is 13.0. The van der Waals surface area contributed by atoms with Crippen molar-refractivity contribution in [3.63, 3.8) is 0 Å². The van der Waals surface area contributed by atoms with E-state index < -0.39 is 12.0 Å². The summed E-state index contributed by atoms with van der Waals surface area (Å²) in [6, 6.07) is -0.688. The molecule has 1 aliphatic heterocycles. The Labute approximate surface area is 117 Å². The first-order valence-corrected chi connectivity index (χ1v) is 6.40. The zero-order valence-corrected chi connectivity index (χ0v) is 11.3. The Morgan fingerprint density at radius 2 is 2.30 bits per heavy atom. The van der Waals surface area contributed by atoms with Gasteiger partial charge in [-0.15, -0.1) is 0 Å². The summed E-state index contributed by atoms with van der Waals surface area (Å²) in [4.78, 5) is 24.1. The van der Waals surface area contributed by atoms with Crippen LogP contribution < -0.4 is 0 Å². The number of aliphatic carboxylic acids is 1. The minimum Gasteiger partial charge on any atom is -0.480 e. The highest BCUT2D eigenvalue weighted by Gasteiger charge is 2.18.